The SMILES string of the molecule is C=CC(=O)N1CCN(c2nc(OCC3CCCN3C)nc3c2CCN(c2c(F)ccc4ccccc24)C3)CC1CC#N. The van der Waals surface area contributed by atoms with E-state index in [9.17, 15) is 10.1 Å². The van der Waals surface area contributed by atoms with Crippen LogP contribution in [0.3, 0.4) is 0 Å². The molecule has 42 heavy (non-hydrogen) atoms. The minimum Gasteiger partial charge on any atom is -0.462 e. The van der Waals surface area contributed by atoms with Crippen molar-refractivity contribution in [3.05, 3.63) is 66.1 Å². The molecule has 0 saturated carbocycles. The molecule has 1 aromatic heterocycles. The summed E-state index contributed by atoms with van der Waals surface area (Å²) in [6.07, 6.45) is 4.36. The second-order valence-electron chi connectivity index (χ2n) is 11.3. The molecule has 0 aliphatic carbocycles. The number of ether oxygens (including phenoxy) is 1. The first-order valence-corrected chi connectivity index (χ1v) is 14.7. The number of amides is 1. The molecule has 3 aliphatic rings. The Morgan fingerprint density at radius 1 is 1.14 bits per heavy atom. The Balaban J connectivity index is 1.34. The lowest BCUT2D eigenvalue weighted by Gasteiger charge is -2.42. The van der Waals surface area contributed by atoms with Crippen molar-refractivity contribution in [1.29, 1.82) is 5.26 Å². The van der Waals surface area contributed by atoms with Gasteiger partial charge in [0.25, 0.3) is 0 Å². The molecule has 9 nitrogen and oxygen atoms in total. The fraction of sp³-hybridized carbons (Fsp3) is 0.438. The van der Waals surface area contributed by atoms with Crippen LogP contribution in [0.5, 0.6) is 6.01 Å². The second kappa shape index (κ2) is 11.9. The fourth-order valence-electron chi connectivity index (χ4n) is 6.55. The highest BCUT2D eigenvalue weighted by Crippen LogP contribution is 2.36. The standard InChI is InChI=1S/C32H36FN7O2/c1-3-29(41)40-18-17-39(19-23(40)12-14-34)31-26-13-16-38(30-25-9-5-4-7-22(25)10-11-27(30)33)20-28(26)35-32(36-31)42-21-24-8-6-15-37(24)2/h3-5,7,9-11,23-24H,1,6,8,12-13,15-21H2,2H3. The Bertz CT molecular complexity index is 1540. The molecule has 0 bridgehead atoms. The van der Waals surface area contributed by atoms with Gasteiger partial charge < -0.3 is 24.3 Å². The summed E-state index contributed by atoms with van der Waals surface area (Å²) < 4.78 is 21.6. The Labute approximate surface area is 245 Å². The van der Waals surface area contributed by atoms with Crippen molar-refractivity contribution in [2.24, 2.45) is 0 Å². The van der Waals surface area contributed by atoms with Gasteiger partial charge in [-0.05, 0) is 50.4 Å². The summed E-state index contributed by atoms with van der Waals surface area (Å²) in [5.74, 6) is 0.355. The van der Waals surface area contributed by atoms with Gasteiger partial charge in [0.15, 0.2) is 0 Å². The molecule has 218 valence electrons. The van der Waals surface area contributed by atoms with E-state index in [-0.39, 0.29) is 24.2 Å². The normalized spacial score (nSPS) is 20.8. The Kier molecular flexibility index (Phi) is 7.94. The van der Waals surface area contributed by atoms with Crippen LogP contribution in [0.15, 0.2) is 49.1 Å². The molecular weight excluding hydrogens is 533 g/mol. The molecule has 2 aromatic carbocycles. The quantitative estimate of drug-likeness (QED) is 0.396. The number of aromatic nitrogens is 2. The van der Waals surface area contributed by atoms with Crippen molar-refractivity contribution in [2.45, 2.75) is 44.3 Å². The van der Waals surface area contributed by atoms with Crippen LogP contribution in [0.2, 0.25) is 0 Å². The monoisotopic (exact) mass is 569 g/mol. The van der Waals surface area contributed by atoms with E-state index < -0.39 is 0 Å². The van der Waals surface area contributed by atoms with Crippen molar-refractivity contribution in [2.75, 3.05) is 56.2 Å². The summed E-state index contributed by atoms with van der Waals surface area (Å²) in [7, 11) is 2.11. The Morgan fingerprint density at radius 2 is 2.00 bits per heavy atom. The number of nitrogens with zero attached hydrogens (tertiary/aromatic N) is 7. The first-order valence-electron chi connectivity index (χ1n) is 14.7. The van der Waals surface area contributed by atoms with Gasteiger partial charge in [0.05, 0.1) is 36.5 Å². The number of nitriles is 1. The van der Waals surface area contributed by atoms with Gasteiger partial charge in [0, 0.05) is 43.2 Å². The van der Waals surface area contributed by atoms with Crippen molar-refractivity contribution in [3.63, 3.8) is 0 Å². The summed E-state index contributed by atoms with van der Waals surface area (Å²) in [4.78, 5) is 30.5. The number of anilines is 2. The Hall–Kier alpha value is -4.23. The maximum atomic E-state index is 15.3. The number of halogens is 1. The van der Waals surface area contributed by atoms with Gasteiger partial charge in [-0.25, -0.2) is 4.39 Å². The van der Waals surface area contributed by atoms with Crippen LogP contribution >= 0.6 is 0 Å². The first-order chi connectivity index (χ1) is 20.5. The van der Waals surface area contributed by atoms with E-state index in [1.165, 1.54) is 12.1 Å². The molecule has 2 fully saturated rings. The zero-order chi connectivity index (χ0) is 29.2. The number of rotatable bonds is 7. The minimum atomic E-state index is -0.277. The van der Waals surface area contributed by atoms with Crippen LogP contribution in [-0.4, -0.2) is 84.1 Å². The third-order valence-electron chi connectivity index (χ3n) is 8.83. The fourth-order valence-corrected chi connectivity index (χ4v) is 6.55. The van der Waals surface area contributed by atoms with Gasteiger partial charge in [-0.1, -0.05) is 36.9 Å². The molecule has 2 atom stereocenters. The molecule has 3 aliphatic heterocycles. The molecule has 0 N–H and O–H groups in total. The average molecular weight is 570 g/mol. The molecule has 10 heteroatoms. The van der Waals surface area contributed by atoms with E-state index in [4.69, 9.17) is 14.7 Å². The van der Waals surface area contributed by atoms with E-state index in [0.29, 0.717) is 63.5 Å². The van der Waals surface area contributed by atoms with Crippen molar-refractivity contribution in [1.82, 2.24) is 19.8 Å². The highest BCUT2D eigenvalue weighted by atomic mass is 19.1. The van der Waals surface area contributed by atoms with Crippen LogP contribution in [-0.2, 0) is 17.8 Å². The van der Waals surface area contributed by atoms with E-state index in [2.05, 4.69) is 34.4 Å². The predicted molar refractivity (Wildman–Crippen MR) is 160 cm³/mol. The predicted octanol–water partition coefficient (Wildman–Crippen LogP) is 3.92. The molecule has 4 heterocycles. The molecule has 2 saturated heterocycles. The molecule has 3 aromatic rings. The van der Waals surface area contributed by atoms with Gasteiger partial charge in [0.1, 0.15) is 18.2 Å². The van der Waals surface area contributed by atoms with Gasteiger partial charge in [-0.3, -0.25) is 4.79 Å². The third-order valence-corrected chi connectivity index (χ3v) is 8.83. The van der Waals surface area contributed by atoms with Crippen LogP contribution in [0.1, 0.15) is 30.5 Å². The second-order valence-corrected chi connectivity index (χ2v) is 11.3. The van der Waals surface area contributed by atoms with Gasteiger partial charge in [-0.15, -0.1) is 0 Å². The van der Waals surface area contributed by atoms with Crippen molar-refractivity contribution in [3.8, 4) is 12.1 Å². The molecule has 0 radical (unpaired) electrons. The molecular formula is C32H36FN7O2. The highest BCUT2D eigenvalue weighted by Gasteiger charge is 2.34. The number of benzene rings is 2. The maximum absolute atomic E-state index is 15.3. The minimum absolute atomic E-state index is 0.169. The Morgan fingerprint density at radius 3 is 2.79 bits per heavy atom. The lowest BCUT2D eigenvalue weighted by molar-refractivity contribution is -0.128. The summed E-state index contributed by atoms with van der Waals surface area (Å²) in [6.45, 7) is 7.71. The van der Waals surface area contributed by atoms with Crippen molar-refractivity contribution < 1.29 is 13.9 Å². The van der Waals surface area contributed by atoms with E-state index >= 15 is 4.39 Å². The van der Waals surface area contributed by atoms with Crippen LogP contribution < -0.4 is 14.5 Å². The maximum Gasteiger partial charge on any atom is 0.318 e. The van der Waals surface area contributed by atoms with E-state index in [0.717, 1.165) is 47.2 Å². The molecule has 6 rings (SSSR count). The van der Waals surface area contributed by atoms with Gasteiger partial charge >= 0.3 is 6.01 Å². The average Bonchev–Trinajstić information content (AvgIpc) is 3.43. The summed E-state index contributed by atoms with van der Waals surface area (Å²) in [5, 5.41) is 11.4. The molecule has 2 unspecified atom stereocenters. The number of hydrogen-bond acceptors (Lipinski definition) is 8. The topological polar surface area (TPSA) is 88.8 Å². The number of likely N-dealkylation sites (N-methyl/N-ethyl adjacent to an activating group) is 1. The zero-order valence-corrected chi connectivity index (χ0v) is 24.0. The number of fused-ring (bicyclic) bond motifs is 2. The largest absolute Gasteiger partial charge is 0.462 e. The lowest BCUT2D eigenvalue weighted by atomic mass is 10.0. The summed E-state index contributed by atoms with van der Waals surface area (Å²) >= 11 is 0. The first kappa shape index (κ1) is 27.9. The third kappa shape index (κ3) is 5.37. The number of piperazine rings is 1. The number of carbonyl (C=O) groups is 1. The highest BCUT2D eigenvalue weighted by molar-refractivity contribution is 5.94. The number of hydrogen-bond donors (Lipinski definition) is 0. The van der Waals surface area contributed by atoms with E-state index in [1.807, 2.05) is 30.3 Å². The van der Waals surface area contributed by atoms with Crippen molar-refractivity contribution >= 4 is 28.2 Å². The number of likely N-dealkylation sites (tertiary alicyclic amines) is 1. The van der Waals surface area contributed by atoms with E-state index in [1.54, 1.807) is 4.90 Å². The van der Waals surface area contributed by atoms with Gasteiger partial charge in [-0.2, -0.15) is 15.2 Å². The number of carbonyl (C=O) groups excluding carboxylic acids is 1. The van der Waals surface area contributed by atoms with Crippen LogP contribution in [0.4, 0.5) is 15.9 Å². The lowest BCUT2D eigenvalue weighted by Crippen LogP contribution is -2.55. The molecule has 0 spiro atoms. The zero-order valence-electron chi connectivity index (χ0n) is 24.0. The summed E-state index contributed by atoms with van der Waals surface area (Å²) in [6, 6.07) is 13.8. The smallest absolute Gasteiger partial charge is 0.318 e. The molecule has 1 amide bonds. The van der Waals surface area contributed by atoms with Gasteiger partial charge in [0.2, 0.25) is 5.91 Å². The van der Waals surface area contributed by atoms with Crippen LogP contribution in [0, 0.1) is 17.1 Å². The van der Waals surface area contributed by atoms with Crippen LogP contribution in [0.25, 0.3) is 10.8 Å². The summed E-state index contributed by atoms with van der Waals surface area (Å²) in [5.41, 5.74) is 2.41.